The van der Waals surface area contributed by atoms with Crippen LogP contribution in [0.4, 0.5) is 13.2 Å². The maximum atomic E-state index is 12.5. The quantitative estimate of drug-likeness (QED) is 0.461. The first-order chi connectivity index (χ1) is 15.6. The molecule has 0 atom stereocenters. The number of benzene rings is 3. The molecule has 1 amide bonds. The van der Waals surface area contributed by atoms with Crippen molar-refractivity contribution in [2.45, 2.75) is 30.6 Å². The number of alkyl halides is 3. The summed E-state index contributed by atoms with van der Waals surface area (Å²) in [6.45, 7) is -1.32. The van der Waals surface area contributed by atoms with Gasteiger partial charge in [0.1, 0.15) is 6.61 Å². The Labute approximate surface area is 189 Å². The second-order valence-electron chi connectivity index (χ2n) is 7.36. The summed E-state index contributed by atoms with van der Waals surface area (Å²) in [7, 11) is -3.75. The average molecular weight is 481 g/mol. The van der Waals surface area contributed by atoms with Crippen LogP contribution in [0.1, 0.15) is 17.5 Å². The third-order valence-corrected chi connectivity index (χ3v) is 6.18. The number of hydrogen-bond donors (Lipinski definition) is 2. The molecule has 0 aliphatic heterocycles. The molecule has 0 bridgehead atoms. The van der Waals surface area contributed by atoms with Crippen LogP contribution in [-0.2, 0) is 32.7 Å². The molecule has 0 saturated carbocycles. The Morgan fingerprint density at radius 1 is 0.909 bits per heavy atom. The number of carbonyl (C=O) groups excluding carboxylic acids is 1. The minimum atomic E-state index is -4.37. The molecule has 0 aliphatic carbocycles. The average Bonchev–Trinajstić information content (AvgIpc) is 2.77. The van der Waals surface area contributed by atoms with Gasteiger partial charge in [0.15, 0.2) is 0 Å². The number of nitrogens with one attached hydrogen (secondary N) is 2. The zero-order valence-corrected chi connectivity index (χ0v) is 18.4. The number of hydrogen-bond acceptors (Lipinski definition) is 4. The van der Waals surface area contributed by atoms with Crippen molar-refractivity contribution >= 4 is 26.7 Å². The van der Waals surface area contributed by atoms with E-state index in [9.17, 15) is 26.4 Å². The summed E-state index contributed by atoms with van der Waals surface area (Å²) in [6.07, 6.45) is -4.41. The molecule has 0 unspecified atom stereocenters. The van der Waals surface area contributed by atoms with Crippen LogP contribution in [0.3, 0.4) is 0 Å². The maximum absolute atomic E-state index is 12.5. The summed E-state index contributed by atoms with van der Waals surface area (Å²) in [5, 5.41) is 4.41. The summed E-state index contributed by atoms with van der Waals surface area (Å²) < 4.78 is 68.3. The Morgan fingerprint density at radius 2 is 1.58 bits per heavy atom. The van der Waals surface area contributed by atoms with Gasteiger partial charge in [0, 0.05) is 19.5 Å². The van der Waals surface area contributed by atoms with Crippen molar-refractivity contribution in [1.82, 2.24) is 10.0 Å². The van der Waals surface area contributed by atoms with Gasteiger partial charge >= 0.3 is 6.18 Å². The number of rotatable bonds is 10. The van der Waals surface area contributed by atoms with Gasteiger partial charge in [0.05, 0.1) is 11.5 Å². The van der Waals surface area contributed by atoms with E-state index in [0.717, 1.165) is 16.3 Å². The predicted octanol–water partition coefficient (Wildman–Crippen LogP) is 3.90. The van der Waals surface area contributed by atoms with Crippen LogP contribution < -0.4 is 10.0 Å². The fourth-order valence-corrected chi connectivity index (χ4v) is 4.11. The van der Waals surface area contributed by atoms with Crippen LogP contribution in [0.25, 0.3) is 10.8 Å². The molecule has 3 rings (SSSR count). The summed E-state index contributed by atoms with van der Waals surface area (Å²) in [5.41, 5.74) is 1.33. The number of ether oxygens (including phenoxy) is 1. The van der Waals surface area contributed by atoms with Crippen LogP contribution in [0.2, 0.25) is 0 Å². The highest BCUT2D eigenvalue weighted by Crippen LogP contribution is 2.19. The summed E-state index contributed by atoms with van der Waals surface area (Å²) in [5.74, 6) is -0.339. The van der Waals surface area contributed by atoms with Gasteiger partial charge in [0.2, 0.25) is 15.9 Å². The van der Waals surface area contributed by atoms with Crippen LogP contribution >= 0.6 is 0 Å². The fraction of sp³-hybridized carbons (Fsp3) is 0.261. The van der Waals surface area contributed by atoms with E-state index in [1.807, 2.05) is 24.3 Å². The third-order valence-electron chi connectivity index (χ3n) is 4.72. The largest absolute Gasteiger partial charge is 0.411 e. The van der Waals surface area contributed by atoms with Crippen LogP contribution in [0, 0.1) is 0 Å². The van der Waals surface area contributed by atoms with Crippen molar-refractivity contribution in [3.63, 3.8) is 0 Å². The predicted molar refractivity (Wildman–Crippen MR) is 118 cm³/mol. The number of amides is 1. The SMILES string of the molecule is O=C(CCNS(=O)(=O)c1ccc2ccccc2c1)NCc1ccc(COCC(F)(F)F)cc1. The lowest BCUT2D eigenvalue weighted by Gasteiger charge is -2.10. The number of fused-ring (bicyclic) bond motifs is 1. The summed E-state index contributed by atoms with van der Waals surface area (Å²) in [4.78, 5) is 12.2. The first-order valence-electron chi connectivity index (χ1n) is 10.1. The molecule has 0 saturated heterocycles. The van der Waals surface area contributed by atoms with Gasteiger partial charge in [-0.3, -0.25) is 4.79 Å². The Bertz CT molecular complexity index is 1200. The molecule has 10 heteroatoms. The summed E-state index contributed by atoms with van der Waals surface area (Å²) in [6, 6.07) is 18.8. The van der Waals surface area contributed by atoms with Crippen molar-refractivity contribution < 1.29 is 31.1 Å². The minimum absolute atomic E-state index is 0.0455. The molecule has 0 spiro atoms. The maximum Gasteiger partial charge on any atom is 0.411 e. The topological polar surface area (TPSA) is 84.5 Å². The molecule has 0 aromatic heterocycles. The van der Waals surface area contributed by atoms with Gasteiger partial charge in [-0.15, -0.1) is 0 Å². The molecule has 33 heavy (non-hydrogen) atoms. The van der Waals surface area contributed by atoms with E-state index in [2.05, 4.69) is 14.8 Å². The van der Waals surface area contributed by atoms with E-state index in [1.165, 1.54) is 6.07 Å². The summed E-state index contributed by atoms with van der Waals surface area (Å²) >= 11 is 0. The van der Waals surface area contributed by atoms with Crippen molar-refractivity contribution in [2.75, 3.05) is 13.2 Å². The van der Waals surface area contributed by atoms with Crippen molar-refractivity contribution in [3.8, 4) is 0 Å². The van der Waals surface area contributed by atoms with E-state index >= 15 is 0 Å². The second kappa shape index (κ2) is 10.8. The molecule has 6 nitrogen and oxygen atoms in total. The molecule has 2 N–H and O–H groups in total. The molecule has 176 valence electrons. The van der Waals surface area contributed by atoms with Crippen LogP contribution in [0.5, 0.6) is 0 Å². The molecule has 0 radical (unpaired) electrons. The number of carbonyl (C=O) groups is 1. The van der Waals surface area contributed by atoms with Gasteiger partial charge in [-0.05, 0) is 34.0 Å². The Kier molecular flexibility index (Phi) is 8.06. The first-order valence-corrected chi connectivity index (χ1v) is 11.6. The second-order valence-corrected chi connectivity index (χ2v) is 9.12. The highest BCUT2D eigenvalue weighted by molar-refractivity contribution is 7.89. The molecule has 0 heterocycles. The van der Waals surface area contributed by atoms with E-state index in [-0.39, 0.29) is 36.9 Å². The number of sulfonamides is 1. The highest BCUT2D eigenvalue weighted by atomic mass is 32.2. The first kappa shape index (κ1) is 24.7. The third kappa shape index (κ3) is 7.85. The van der Waals surface area contributed by atoms with E-state index in [0.29, 0.717) is 5.56 Å². The lowest BCUT2D eigenvalue weighted by atomic mass is 10.1. The monoisotopic (exact) mass is 480 g/mol. The van der Waals surface area contributed by atoms with Gasteiger partial charge in [0.25, 0.3) is 0 Å². The smallest absolute Gasteiger partial charge is 0.367 e. The van der Waals surface area contributed by atoms with Crippen molar-refractivity contribution in [1.29, 1.82) is 0 Å². The molecule has 0 fully saturated rings. The van der Waals surface area contributed by atoms with Crippen molar-refractivity contribution in [3.05, 3.63) is 77.9 Å². The molecule has 3 aromatic rings. The Morgan fingerprint density at radius 3 is 2.27 bits per heavy atom. The zero-order chi connectivity index (χ0) is 23.9. The van der Waals surface area contributed by atoms with Gasteiger partial charge in [-0.1, -0.05) is 54.6 Å². The minimum Gasteiger partial charge on any atom is -0.367 e. The van der Waals surface area contributed by atoms with E-state index in [4.69, 9.17) is 0 Å². The van der Waals surface area contributed by atoms with Crippen molar-refractivity contribution in [2.24, 2.45) is 0 Å². The lowest BCUT2D eigenvalue weighted by Crippen LogP contribution is -2.30. The van der Waals surface area contributed by atoms with Gasteiger partial charge in [-0.25, -0.2) is 13.1 Å². The van der Waals surface area contributed by atoms with Gasteiger partial charge in [-0.2, -0.15) is 13.2 Å². The molecular weight excluding hydrogens is 457 g/mol. The molecule has 0 aliphatic rings. The highest BCUT2D eigenvalue weighted by Gasteiger charge is 2.27. The zero-order valence-electron chi connectivity index (χ0n) is 17.6. The standard InChI is InChI=1S/C23H23F3N2O4S/c24-23(25,26)16-32-15-18-7-5-17(6-8-18)14-27-22(29)11-12-28-33(30,31)21-10-9-19-3-1-2-4-20(19)13-21/h1-10,13,28H,11-12,14-16H2,(H,27,29). The van der Waals surface area contributed by atoms with Crippen LogP contribution in [-0.4, -0.2) is 33.7 Å². The van der Waals surface area contributed by atoms with Crippen LogP contribution in [0.15, 0.2) is 71.6 Å². The number of halogens is 3. The molecule has 3 aromatic carbocycles. The van der Waals surface area contributed by atoms with Gasteiger partial charge < -0.3 is 10.1 Å². The Balaban J connectivity index is 1.41. The fourth-order valence-electron chi connectivity index (χ4n) is 3.04. The Hall–Kier alpha value is -2.95. The van der Waals surface area contributed by atoms with E-state index < -0.39 is 22.8 Å². The normalized spacial score (nSPS) is 12.1. The molecular formula is C23H23F3N2O4S. The lowest BCUT2D eigenvalue weighted by molar-refractivity contribution is -0.176. The van der Waals surface area contributed by atoms with E-state index in [1.54, 1.807) is 36.4 Å².